The van der Waals surface area contributed by atoms with Gasteiger partial charge < -0.3 is 15.0 Å². The van der Waals surface area contributed by atoms with Gasteiger partial charge in [0.05, 0.1) is 11.4 Å². The van der Waals surface area contributed by atoms with Gasteiger partial charge in [-0.3, -0.25) is 0 Å². The molecule has 0 unspecified atom stereocenters. The number of ether oxygens (including phenoxy) is 1. The van der Waals surface area contributed by atoms with Gasteiger partial charge in [0, 0.05) is 5.69 Å². The van der Waals surface area contributed by atoms with Crippen LogP contribution in [0.3, 0.4) is 0 Å². The Balaban J connectivity index is 1.84. The summed E-state index contributed by atoms with van der Waals surface area (Å²) in [4.78, 5) is 15.3. The zero-order chi connectivity index (χ0) is 19.2. The Morgan fingerprint density at radius 3 is 2.44 bits per heavy atom. The largest absolute Gasteiger partial charge is 0.428 e. The molecule has 0 fully saturated rings. The number of fused-ring (bicyclic) bond motifs is 1. The fraction of sp³-hybridized carbons (Fsp3) is 0.150. The van der Waals surface area contributed by atoms with E-state index in [0.717, 1.165) is 5.56 Å². The topological polar surface area (TPSA) is 54.1 Å². The van der Waals surface area contributed by atoms with Crippen LogP contribution in [-0.4, -0.2) is 17.1 Å². The summed E-state index contributed by atoms with van der Waals surface area (Å²) in [6.07, 6.45) is -4.93. The third-order valence-corrected chi connectivity index (χ3v) is 4.57. The average Bonchev–Trinajstić information content (AvgIpc) is 3.11. The number of rotatable bonds is 2. The Morgan fingerprint density at radius 2 is 1.74 bits per heavy atom. The third kappa shape index (κ3) is 2.66. The molecule has 3 aromatic rings. The van der Waals surface area contributed by atoms with Crippen molar-refractivity contribution in [2.75, 3.05) is 5.32 Å². The van der Waals surface area contributed by atoms with Gasteiger partial charge in [-0.2, -0.15) is 13.2 Å². The van der Waals surface area contributed by atoms with E-state index in [0.29, 0.717) is 11.3 Å². The summed E-state index contributed by atoms with van der Waals surface area (Å²) in [6.45, 7) is 1.76. The van der Waals surface area contributed by atoms with E-state index in [4.69, 9.17) is 4.74 Å². The molecule has 138 valence electrons. The normalized spacial score (nSPS) is 19.2. The number of hydrogen-bond donors (Lipinski definition) is 2. The SMILES string of the molecule is Cc1ccc2c(c1)OC(=O)[C@](c1ccc(-c3ccccc3)[nH]1)(C(F)(F)F)N2. The molecule has 4 nitrogen and oxygen atoms in total. The number of alkyl halides is 3. The molecule has 0 aliphatic carbocycles. The highest BCUT2D eigenvalue weighted by atomic mass is 19.4. The van der Waals surface area contributed by atoms with E-state index in [-0.39, 0.29) is 17.1 Å². The number of H-pyrrole nitrogens is 1. The summed E-state index contributed by atoms with van der Waals surface area (Å²) < 4.78 is 47.5. The van der Waals surface area contributed by atoms with Crippen molar-refractivity contribution in [2.45, 2.75) is 18.6 Å². The predicted molar refractivity (Wildman–Crippen MR) is 94.4 cm³/mol. The van der Waals surface area contributed by atoms with Gasteiger partial charge in [0.25, 0.3) is 5.54 Å². The first kappa shape index (κ1) is 17.2. The van der Waals surface area contributed by atoms with Gasteiger partial charge in [-0.05, 0) is 42.3 Å². The van der Waals surface area contributed by atoms with Crippen LogP contribution in [0.25, 0.3) is 11.3 Å². The summed E-state index contributed by atoms with van der Waals surface area (Å²) in [7, 11) is 0. The maximum Gasteiger partial charge on any atom is 0.428 e. The van der Waals surface area contributed by atoms with Gasteiger partial charge in [-0.1, -0.05) is 36.4 Å². The number of benzene rings is 2. The Morgan fingerprint density at radius 1 is 1.00 bits per heavy atom. The van der Waals surface area contributed by atoms with Crippen LogP contribution in [0.1, 0.15) is 11.3 Å². The Bertz CT molecular complexity index is 1010. The van der Waals surface area contributed by atoms with Crippen molar-refractivity contribution in [3.8, 4) is 17.0 Å². The second kappa shape index (κ2) is 5.90. The van der Waals surface area contributed by atoms with Gasteiger partial charge in [-0.25, -0.2) is 4.79 Å². The van der Waals surface area contributed by atoms with E-state index in [1.807, 2.05) is 6.07 Å². The van der Waals surface area contributed by atoms with Crippen LogP contribution in [-0.2, 0) is 10.3 Å². The number of carbonyl (C=O) groups is 1. The zero-order valence-corrected chi connectivity index (χ0v) is 14.2. The summed E-state index contributed by atoms with van der Waals surface area (Å²) in [6, 6.07) is 16.3. The molecule has 0 amide bonds. The molecule has 2 heterocycles. The van der Waals surface area contributed by atoms with Crippen LogP contribution >= 0.6 is 0 Å². The summed E-state index contributed by atoms with van der Waals surface area (Å²) in [5, 5.41) is 2.38. The molecular formula is C20H15F3N2O2. The van der Waals surface area contributed by atoms with Crippen LogP contribution in [0.4, 0.5) is 18.9 Å². The summed E-state index contributed by atoms with van der Waals surface area (Å²) in [5.74, 6) is -1.34. The maximum atomic E-state index is 14.1. The number of halogens is 3. The number of anilines is 1. The van der Waals surface area contributed by atoms with Crippen molar-refractivity contribution in [2.24, 2.45) is 0 Å². The van der Waals surface area contributed by atoms with Crippen LogP contribution in [0.15, 0.2) is 60.7 Å². The molecule has 0 bridgehead atoms. The van der Waals surface area contributed by atoms with Gasteiger partial charge in [-0.15, -0.1) is 0 Å². The lowest BCUT2D eigenvalue weighted by Gasteiger charge is -2.38. The number of nitrogens with one attached hydrogen (secondary N) is 2. The molecule has 7 heteroatoms. The minimum absolute atomic E-state index is 0.0784. The molecule has 1 aromatic heterocycles. The van der Waals surface area contributed by atoms with Crippen LogP contribution < -0.4 is 10.1 Å². The highest BCUT2D eigenvalue weighted by molar-refractivity contribution is 5.93. The molecule has 0 saturated heterocycles. The number of carbonyl (C=O) groups excluding carboxylic acids is 1. The summed E-state index contributed by atoms with van der Waals surface area (Å²) in [5.41, 5.74) is -1.28. The Kier molecular flexibility index (Phi) is 3.76. The van der Waals surface area contributed by atoms with Gasteiger partial charge >= 0.3 is 12.1 Å². The second-order valence-electron chi connectivity index (χ2n) is 6.41. The number of aryl methyl sites for hydroxylation is 1. The lowest BCUT2D eigenvalue weighted by Crippen LogP contribution is -2.59. The molecule has 2 aromatic carbocycles. The number of aromatic amines is 1. The molecule has 4 rings (SSSR count). The number of aromatic nitrogens is 1. The van der Waals surface area contributed by atoms with Crippen molar-refractivity contribution in [3.05, 3.63) is 71.9 Å². The molecule has 0 saturated carbocycles. The Labute approximate surface area is 153 Å². The van der Waals surface area contributed by atoms with Crippen molar-refractivity contribution in [1.29, 1.82) is 0 Å². The highest BCUT2D eigenvalue weighted by Crippen LogP contribution is 2.47. The molecular weight excluding hydrogens is 357 g/mol. The van der Waals surface area contributed by atoms with Crippen LogP contribution in [0, 0.1) is 6.92 Å². The van der Waals surface area contributed by atoms with Crippen molar-refractivity contribution in [3.63, 3.8) is 0 Å². The lowest BCUT2D eigenvalue weighted by atomic mass is 9.92. The van der Waals surface area contributed by atoms with E-state index in [9.17, 15) is 18.0 Å². The lowest BCUT2D eigenvalue weighted by molar-refractivity contribution is -0.199. The quantitative estimate of drug-likeness (QED) is 0.503. The van der Waals surface area contributed by atoms with E-state index in [2.05, 4.69) is 10.3 Å². The van der Waals surface area contributed by atoms with E-state index in [1.165, 1.54) is 24.3 Å². The minimum atomic E-state index is -4.93. The average molecular weight is 372 g/mol. The number of hydrogen-bond acceptors (Lipinski definition) is 3. The van der Waals surface area contributed by atoms with Gasteiger partial charge in [0.2, 0.25) is 0 Å². The van der Waals surface area contributed by atoms with E-state index < -0.39 is 17.7 Å². The molecule has 1 aliphatic heterocycles. The predicted octanol–water partition coefficient (Wildman–Crippen LogP) is 4.78. The minimum Gasteiger partial charge on any atom is -0.422 e. The number of esters is 1. The smallest absolute Gasteiger partial charge is 0.422 e. The monoisotopic (exact) mass is 372 g/mol. The first-order valence-corrected chi connectivity index (χ1v) is 8.24. The fourth-order valence-corrected chi connectivity index (χ4v) is 3.16. The van der Waals surface area contributed by atoms with Crippen molar-refractivity contribution in [1.82, 2.24) is 4.98 Å². The van der Waals surface area contributed by atoms with E-state index in [1.54, 1.807) is 37.3 Å². The van der Waals surface area contributed by atoms with Gasteiger partial charge in [0.15, 0.2) is 5.75 Å². The molecule has 1 aliphatic rings. The molecule has 1 atom stereocenters. The van der Waals surface area contributed by atoms with Crippen molar-refractivity contribution < 1.29 is 22.7 Å². The maximum absolute atomic E-state index is 14.1. The highest BCUT2D eigenvalue weighted by Gasteiger charge is 2.66. The standard InChI is InChI=1S/C20H15F3N2O2/c1-12-7-8-15-16(11-12)27-18(26)19(25-15,20(21,22)23)17-10-9-14(24-17)13-5-3-2-4-6-13/h2-11,24-25H,1H3/t19-/m1/s1. The first-order valence-electron chi connectivity index (χ1n) is 8.24. The second-order valence-corrected chi connectivity index (χ2v) is 6.41. The summed E-state index contributed by atoms with van der Waals surface area (Å²) >= 11 is 0. The van der Waals surface area contributed by atoms with Crippen LogP contribution in [0.2, 0.25) is 0 Å². The van der Waals surface area contributed by atoms with E-state index >= 15 is 0 Å². The zero-order valence-electron chi connectivity index (χ0n) is 14.2. The molecule has 2 N–H and O–H groups in total. The Hall–Kier alpha value is -3.22. The van der Waals surface area contributed by atoms with Crippen molar-refractivity contribution >= 4 is 11.7 Å². The van der Waals surface area contributed by atoms with Gasteiger partial charge in [0.1, 0.15) is 0 Å². The first-order chi connectivity index (χ1) is 12.8. The third-order valence-electron chi connectivity index (χ3n) is 4.57. The fourth-order valence-electron chi connectivity index (χ4n) is 3.16. The molecule has 27 heavy (non-hydrogen) atoms. The molecule has 0 radical (unpaired) electrons. The van der Waals surface area contributed by atoms with Crippen LogP contribution in [0.5, 0.6) is 5.75 Å². The molecule has 0 spiro atoms.